The molecule has 0 aromatic heterocycles. The third kappa shape index (κ3) is 3.86. The number of carbonyl (C=O) groups is 1. The number of rotatable bonds is 6. The topological polar surface area (TPSA) is 44.8 Å². The third-order valence-electron chi connectivity index (χ3n) is 5.43. The van der Waals surface area contributed by atoms with Crippen LogP contribution in [0.25, 0.3) is 11.1 Å². The maximum absolute atomic E-state index is 15.2. The maximum atomic E-state index is 15.2. The van der Waals surface area contributed by atoms with Crippen LogP contribution in [0.1, 0.15) is 35.3 Å². The lowest BCUT2D eigenvalue weighted by Gasteiger charge is -2.35. The molecule has 0 saturated heterocycles. The Hall–Kier alpha value is -3.69. The quantitative estimate of drug-likeness (QED) is 0.213. The molecule has 184 valence electrons. The van der Waals surface area contributed by atoms with Gasteiger partial charge in [-0.3, -0.25) is 0 Å². The van der Waals surface area contributed by atoms with E-state index in [0.717, 1.165) is 24.3 Å². The van der Waals surface area contributed by atoms with Gasteiger partial charge in [-0.25, -0.2) is 13.6 Å². The van der Waals surface area contributed by atoms with E-state index in [1.54, 1.807) is 6.92 Å². The molecular formula is C25H18F6O4. The molecule has 0 heterocycles. The number of benzene rings is 3. The van der Waals surface area contributed by atoms with Gasteiger partial charge in [0.05, 0.1) is 29.9 Å². The van der Waals surface area contributed by atoms with Gasteiger partial charge in [-0.2, -0.15) is 17.6 Å². The summed E-state index contributed by atoms with van der Waals surface area (Å²) in [6.45, 7) is 3.51. The van der Waals surface area contributed by atoms with Crippen molar-refractivity contribution < 1.29 is 45.3 Å². The molecule has 0 unspecified atom stereocenters. The molecule has 3 aromatic carbocycles. The molecule has 0 amide bonds. The van der Waals surface area contributed by atoms with Crippen LogP contribution in [0.3, 0.4) is 0 Å². The SMILES string of the molecule is CCOc1ccc(C(=O)Oc2ccc3c(c2F)C(F)(F)C(F)(F)c2c-3ccc(OCC)c2F)cc1. The fourth-order valence-corrected chi connectivity index (χ4v) is 3.85. The van der Waals surface area contributed by atoms with Crippen molar-refractivity contribution in [1.82, 2.24) is 0 Å². The van der Waals surface area contributed by atoms with E-state index in [2.05, 4.69) is 0 Å². The van der Waals surface area contributed by atoms with Gasteiger partial charge in [-0.05, 0) is 73.5 Å². The minimum atomic E-state index is -5.16. The van der Waals surface area contributed by atoms with Crippen LogP contribution in [0.5, 0.6) is 17.2 Å². The highest BCUT2D eigenvalue weighted by atomic mass is 19.3. The summed E-state index contributed by atoms with van der Waals surface area (Å²) in [5, 5.41) is 0. The van der Waals surface area contributed by atoms with E-state index >= 15 is 13.2 Å². The number of hydrogen-bond donors (Lipinski definition) is 0. The van der Waals surface area contributed by atoms with Crippen molar-refractivity contribution in [2.75, 3.05) is 13.2 Å². The summed E-state index contributed by atoms with van der Waals surface area (Å²) in [5.74, 6) is -16.1. The Morgan fingerprint density at radius 3 is 1.71 bits per heavy atom. The summed E-state index contributed by atoms with van der Waals surface area (Å²) in [7, 11) is 0. The highest BCUT2D eigenvalue weighted by Gasteiger charge is 2.65. The Morgan fingerprint density at radius 1 is 0.714 bits per heavy atom. The molecule has 1 aliphatic rings. The second kappa shape index (κ2) is 8.83. The first-order valence-electron chi connectivity index (χ1n) is 10.5. The van der Waals surface area contributed by atoms with Crippen LogP contribution in [0.2, 0.25) is 0 Å². The van der Waals surface area contributed by atoms with Crippen LogP contribution >= 0.6 is 0 Å². The van der Waals surface area contributed by atoms with Gasteiger partial charge in [0.1, 0.15) is 5.75 Å². The van der Waals surface area contributed by atoms with Crippen molar-refractivity contribution in [3.63, 3.8) is 0 Å². The van der Waals surface area contributed by atoms with E-state index < -0.39 is 63.2 Å². The molecular weight excluding hydrogens is 478 g/mol. The minimum Gasteiger partial charge on any atom is -0.494 e. The van der Waals surface area contributed by atoms with Gasteiger partial charge in [0.2, 0.25) is 0 Å². The molecule has 3 aromatic rings. The number of alkyl halides is 4. The Morgan fingerprint density at radius 2 is 1.20 bits per heavy atom. The number of ether oxygens (including phenoxy) is 3. The molecule has 0 N–H and O–H groups in total. The van der Waals surface area contributed by atoms with Gasteiger partial charge < -0.3 is 14.2 Å². The normalized spacial score (nSPS) is 15.1. The van der Waals surface area contributed by atoms with Crippen LogP contribution in [0.4, 0.5) is 26.3 Å². The Kier molecular flexibility index (Phi) is 6.16. The van der Waals surface area contributed by atoms with E-state index in [-0.39, 0.29) is 12.2 Å². The molecule has 1 aliphatic carbocycles. The van der Waals surface area contributed by atoms with Gasteiger partial charge in [0.25, 0.3) is 0 Å². The molecule has 4 rings (SSSR count). The molecule has 0 bridgehead atoms. The van der Waals surface area contributed by atoms with Crippen molar-refractivity contribution >= 4 is 5.97 Å². The van der Waals surface area contributed by atoms with Crippen molar-refractivity contribution in [2.24, 2.45) is 0 Å². The fourth-order valence-electron chi connectivity index (χ4n) is 3.85. The Bertz CT molecular complexity index is 1290. The smallest absolute Gasteiger partial charge is 0.343 e. The molecule has 35 heavy (non-hydrogen) atoms. The summed E-state index contributed by atoms with van der Waals surface area (Å²) in [6, 6.07) is 9.18. The Labute approximate surface area is 196 Å². The molecule has 0 atom stereocenters. The van der Waals surface area contributed by atoms with E-state index in [1.165, 1.54) is 31.2 Å². The zero-order valence-corrected chi connectivity index (χ0v) is 18.4. The van der Waals surface area contributed by atoms with Crippen molar-refractivity contribution in [3.05, 3.63) is 76.9 Å². The molecule has 4 nitrogen and oxygen atoms in total. The first-order valence-corrected chi connectivity index (χ1v) is 10.5. The number of esters is 1. The van der Waals surface area contributed by atoms with Crippen molar-refractivity contribution in [1.29, 1.82) is 0 Å². The van der Waals surface area contributed by atoms with Crippen LogP contribution in [0, 0.1) is 11.6 Å². The standard InChI is InChI=1S/C25H18F6O4/c1-3-33-14-7-5-13(6-8-14)23(32)35-18-12-10-16-15-9-11-17(34-4-2)21(26)19(15)24(28,29)25(30,31)20(16)22(18)27/h5-12H,3-4H2,1-2H3. The Balaban J connectivity index is 1.79. The fraction of sp³-hybridized carbons (Fsp3) is 0.240. The van der Waals surface area contributed by atoms with Gasteiger partial charge >= 0.3 is 17.8 Å². The summed E-state index contributed by atoms with van der Waals surface area (Å²) >= 11 is 0. The predicted molar refractivity (Wildman–Crippen MR) is 113 cm³/mol. The average Bonchev–Trinajstić information content (AvgIpc) is 2.81. The van der Waals surface area contributed by atoms with Crippen LogP contribution < -0.4 is 14.2 Å². The zero-order valence-electron chi connectivity index (χ0n) is 18.4. The lowest BCUT2D eigenvalue weighted by atomic mass is 9.79. The zero-order chi connectivity index (χ0) is 25.5. The molecule has 0 aliphatic heterocycles. The monoisotopic (exact) mass is 496 g/mol. The van der Waals surface area contributed by atoms with Gasteiger partial charge in [-0.1, -0.05) is 0 Å². The maximum Gasteiger partial charge on any atom is 0.343 e. The number of fused-ring (bicyclic) bond motifs is 3. The van der Waals surface area contributed by atoms with Gasteiger partial charge in [0, 0.05) is 0 Å². The first-order chi connectivity index (χ1) is 16.5. The number of halogens is 6. The molecule has 0 saturated carbocycles. The summed E-state index contributed by atoms with van der Waals surface area (Å²) in [5.41, 5.74) is -4.63. The van der Waals surface area contributed by atoms with Gasteiger partial charge in [0.15, 0.2) is 23.1 Å². The van der Waals surface area contributed by atoms with Crippen molar-refractivity contribution in [2.45, 2.75) is 25.7 Å². The largest absolute Gasteiger partial charge is 0.494 e. The van der Waals surface area contributed by atoms with E-state index in [0.29, 0.717) is 12.4 Å². The molecule has 10 heteroatoms. The predicted octanol–water partition coefficient (Wildman–Crippen LogP) is 6.85. The summed E-state index contributed by atoms with van der Waals surface area (Å²) in [4.78, 5) is 12.4. The second-order valence-electron chi connectivity index (χ2n) is 7.53. The van der Waals surface area contributed by atoms with Crippen LogP contribution in [0.15, 0.2) is 48.5 Å². The van der Waals surface area contributed by atoms with Crippen LogP contribution in [-0.2, 0) is 11.8 Å². The number of hydrogen-bond acceptors (Lipinski definition) is 4. The molecule has 0 radical (unpaired) electrons. The lowest BCUT2D eigenvalue weighted by molar-refractivity contribution is -0.228. The summed E-state index contributed by atoms with van der Waals surface area (Å²) < 4.78 is 105. The minimum absolute atomic E-state index is 0.0569. The highest BCUT2D eigenvalue weighted by molar-refractivity contribution is 5.91. The summed E-state index contributed by atoms with van der Waals surface area (Å²) in [6.07, 6.45) is 0. The molecule has 0 fully saturated rings. The van der Waals surface area contributed by atoms with E-state index in [1.807, 2.05) is 0 Å². The van der Waals surface area contributed by atoms with Crippen molar-refractivity contribution in [3.8, 4) is 28.4 Å². The number of carbonyl (C=O) groups excluding carboxylic acids is 1. The lowest BCUT2D eigenvalue weighted by Crippen LogP contribution is -2.41. The third-order valence-corrected chi connectivity index (χ3v) is 5.43. The van der Waals surface area contributed by atoms with E-state index in [4.69, 9.17) is 14.2 Å². The second-order valence-corrected chi connectivity index (χ2v) is 7.53. The highest BCUT2D eigenvalue weighted by Crippen LogP contribution is 2.60. The van der Waals surface area contributed by atoms with Crippen LogP contribution in [-0.4, -0.2) is 19.2 Å². The first kappa shape index (κ1) is 24.4. The average molecular weight is 496 g/mol. The van der Waals surface area contributed by atoms with Gasteiger partial charge in [-0.15, -0.1) is 0 Å². The van der Waals surface area contributed by atoms with E-state index in [9.17, 15) is 18.0 Å². The molecule has 0 spiro atoms.